The van der Waals surface area contributed by atoms with Gasteiger partial charge >= 0.3 is 41.9 Å². The average Bonchev–Trinajstić information content (AvgIpc) is 3.45. The van der Waals surface area contributed by atoms with E-state index in [1.165, 1.54) is 22.3 Å². The largest absolute Gasteiger partial charge is 1.00 e. The monoisotopic (exact) mass is 644 g/mol. The summed E-state index contributed by atoms with van der Waals surface area (Å²) in [7, 11) is -2.24. The molecule has 0 bridgehead atoms. The van der Waals surface area contributed by atoms with E-state index in [-0.39, 0.29) is 30.2 Å². The van der Waals surface area contributed by atoms with Crippen LogP contribution in [0.1, 0.15) is 24.0 Å². The molecule has 0 aliphatic heterocycles. The molecule has 0 saturated heterocycles. The van der Waals surface area contributed by atoms with Crippen LogP contribution < -0.4 is 24.8 Å². The summed E-state index contributed by atoms with van der Waals surface area (Å²) in [5.41, 5.74) is 5.37. The number of benzene rings is 2. The maximum atomic E-state index is 3.49. The van der Waals surface area contributed by atoms with Crippen molar-refractivity contribution in [2.75, 3.05) is 0 Å². The van der Waals surface area contributed by atoms with Gasteiger partial charge in [-0.3, -0.25) is 0 Å². The van der Waals surface area contributed by atoms with E-state index in [1.807, 2.05) is 0 Å². The van der Waals surface area contributed by atoms with E-state index in [0.717, 1.165) is 12.8 Å². The predicted molar refractivity (Wildman–Crippen MR) is 156 cm³/mol. The van der Waals surface area contributed by atoms with Gasteiger partial charge in [0.25, 0.3) is 0 Å². The van der Waals surface area contributed by atoms with E-state index in [4.69, 9.17) is 0 Å². The van der Waals surface area contributed by atoms with Crippen molar-refractivity contribution in [3.05, 3.63) is 106 Å². The van der Waals surface area contributed by atoms with Gasteiger partial charge in [0.05, 0.1) is 16.1 Å². The first-order valence-electron chi connectivity index (χ1n) is 12.1. The summed E-state index contributed by atoms with van der Waals surface area (Å²) in [4.78, 5) is 0. The molecule has 2 aromatic rings. The summed E-state index contributed by atoms with van der Waals surface area (Å²) < 4.78 is 0. The summed E-state index contributed by atoms with van der Waals surface area (Å²) in [6, 6.07) is 21.1. The van der Waals surface area contributed by atoms with Gasteiger partial charge < -0.3 is 24.8 Å². The maximum absolute atomic E-state index is 3.49. The number of halogens is 2. The molecule has 0 N–H and O–H groups in total. The molecule has 192 valence electrons. The molecule has 0 fully saturated rings. The van der Waals surface area contributed by atoms with Gasteiger partial charge in [-0.1, -0.05) is 88.5 Å². The second kappa shape index (κ2) is 16.5. The molecule has 4 rings (SSSR count). The van der Waals surface area contributed by atoms with E-state index >= 15 is 0 Å². The fourth-order valence-corrected chi connectivity index (χ4v) is 5.90. The van der Waals surface area contributed by atoms with E-state index in [2.05, 4.69) is 137 Å². The smallest absolute Gasteiger partial charge is 1.00 e. The molecule has 0 heterocycles. The van der Waals surface area contributed by atoms with Crippen molar-refractivity contribution in [1.29, 1.82) is 0 Å². The molecule has 0 saturated carbocycles. The summed E-state index contributed by atoms with van der Waals surface area (Å²) in [5.74, 6) is 0. The summed E-state index contributed by atoms with van der Waals surface area (Å²) >= 11 is 1.74. The first-order chi connectivity index (χ1) is 15.9. The Morgan fingerprint density at radius 2 is 0.889 bits per heavy atom. The quantitative estimate of drug-likeness (QED) is 0.354. The Morgan fingerprint density at radius 3 is 1.11 bits per heavy atom. The zero-order valence-electron chi connectivity index (χ0n) is 23.1. The first-order valence-corrected chi connectivity index (χ1v) is 25.3. The van der Waals surface area contributed by atoms with Gasteiger partial charge in [0.2, 0.25) is 0 Å². The van der Waals surface area contributed by atoms with E-state index in [9.17, 15) is 0 Å². The number of allylic oxidation sites excluding steroid dienone is 8. The Kier molecular flexibility index (Phi) is 16.2. The Bertz CT molecular complexity index is 1000. The molecule has 0 nitrogen and oxygen atoms in total. The molecule has 2 aliphatic carbocycles. The summed E-state index contributed by atoms with van der Waals surface area (Å²) in [5, 5.41) is 3.22. The Labute approximate surface area is 250 Å². The van der Waals surface area contributed by atoms with Crippen LogP contribution >= 0.6 is 0 Å². The maximum Gasteiger partial charge on any atom is -1.00 e. The third-order valence-electron chi connectivity index (χ3n) is 5.67. The fraction of sp³-hybridized carbons (Fsp3) is 0.333. The second-order valence-electron chi connectivity index (χ2n) is 11.1. The SMILES string of the molecule is C[Si](C)(C)C1=CC(c2ccccc2)=[C-]C1.C[Si](C)(C)C1=CC(c2ccccc2)=[C-]C1.C[Si](C)=[Zr+2].[Cl-].[Cl-]. The molecule has 0 amide bonds. The van der Waals surface area contributed by atoms with Crippen LogP contribution in [0.5, 0.6) is 0 Å². The topological polar surface area (TPSA) is 0 Å². The van der Waals surface area contributed by atoms with Crippen molar-refractivity contribution in [2.24, 2.45) is 0 Å². The molecular weight excluding hydrogens is 607 g/mol. The minimum Gasteiger partial charge on any atom is -1.00 e. The van der Waals surface area contributed by atoms with Crippen LogP contribution in [-0.4, -0.2) is 21.6 Å². The van der Waals surface area contributed by atoms with Crippen LogP contribution in [0.15, 0.2) is 83.2 Å². The number of rotatable bonds is 4. The molecule has 0 aromatic heterocycles. The van der Waals surface area contributed by atoms with Gasteiger partial charge in [0.15, 0.2) is 0 Å². The van der Waals surface area contributed by atoms with Gasteiger partial charge in [-0.2, -0.15) is 35.5 Å². The molecule has 2 aliphatic rings. The zero-order valence-corrected chi connectivity index (χ0v) is 30.1. The van der Waals surface area contributed by atoms with E-state index in [1.54, 1.807) is 33.7 Å². The van der Waals surface area contributed by atoms with Crippen molar-refractivity contribution in [1.82, 2.24) is 0 Å². The van der Waals surface area contributed by atoms with Crippen molar-refractivity contribution in [3.8, 4) is 0 Å². The molecule has 2 aromatic carbocycles. The third-order valence-corrected chi connectivity index (χ3v) is 10.2. The molecule has 0 radical (unpaired) electrons. The molecule has 0 spiro atoms. The van der Waals surface area contributed by atoms with Gasteiger partial charge in [0.1, 0.15) is 0 Å². The van der Waals surface area contributed by atoms with Crippen molar-refractivity contribution in [2.45, 2.75) is 65.2 Å². The Morgan fingerprint density at radius 1 is 0.611 bits per heavy atom. The van der Waals surface area contributed by atoms with Crippen LogP contribution in [0.3, 0.4) is 0 Å². The third kappa shape index (κ3) is 12.4. The van der Waals surface area contributed by atoms with Crippen molar-refractivity contribution >= 4 is 32.7 Å². The van der Waals surface area contributed by atoms with Crippen molar-refractivity contribution in [3.63, 3.8) is 0 Å². The van der Waals surface area contributed by atoms with Crippen LogP contribution in [-0.2, 0) is 23.3 Å². The summed E-state index contributed by atoms with van der Waals surface area (Å²) in [6.45, 7) is 19.0. The van der Waals surface area contributed by atoms with Gasteiger partial charge in [-0.05, 0) is 0 Å². The molecular formula is C30H40Cl2Si3Zr-2. The summed E-state index contributed by atoms with van der Waals surface area (Å²) in [6.07, 6.45) is 13.8. The second-order valence-corrected chi connectivity index (χ2v) is 30.8. The average molecular weight is 647 g/mol. The first kappa shape index (κ1) is 35.5. The van der Waals surface area contributed by atoms with Crippen LogP contribution in [0.4, 0.5) is 0 Å². The normalized spacial score (nSPS) is 14.3. The standard InChI is InChI=1S/2C14H17Si.C2H6Si.2ClH.Zr/c2*1-15(2,3)14-10-9-13(11-14)12-7-5-4-6-8-12;1-3-2;;;/h2*4-8,11H,10H2,1-3H3;1-2H3;2*1H;/q2*-1;;;;+2/p-2. The molecule has 36 heavy (non-hydrogen) atoms. The minimum atomic E-state index is -1.12. The minimum absolute atomic E-state index is 0. The van der Waals surface area contributed by atoms with Crippen LogP contribution in [0.2, 0.25) is 52.4 Å². The number of hydrogen-bond donors (Lipinski definition) is 0. The van der Waals surface area contributed by atoms with Crippen LogP contribution in [0.25, 0.3) is 11.1 Å². The Balaban J connectivity index is 0.000000566. The fourth-order valence-electron chi connectivity index (χ4n) is 3.50. The molecule has 6 heteroatoms. The predicted octanol–water partition coefficient (Wildman–Crippen LogP) is 2.95. The molecule has 0 atom stereocenters. The van der Waals surface area contributed by atoms with E-state index < -0.39 is 16.1 Å². The van der Waals surface area contributed by atoms with Gasteiger partial charge in [-0.25, -0.2) is 0 Å². The van der Waals surface area contributed by atoms with Gasteiger partial charge in [-0.15, -0.1) is 45.8 Å². The Hall–Kier alpha value is -0.486. The number of hydrogen-bond acceptors (Lipinski definition) is 0. The van der Waals surface area contributed by atoms with Crippen LogP contribution in [0, 0.1) is 12.2 Å². The van der Waals surface area contributed by atoms with E-state index in [0.29, 0.717) is 0 Å². The van der Waals surface area contributed by atoms with Gasteiger partial charge in [0, 0.05) is 0 Å². The molecule has 0 unspecified atom stereocenters. The zero-order chi connectivity index (χ0) is 25.4. The van der Waals surface area contributed by atoms with Crippen molar-refractivity contribution < 1.29 is 48.1 Å².